The highest BCUT2D eigenvalue weighted by Gasteiger charge is 2.37. The molecular formula is C50H44Cl2N10O4. The van der Waals surface area contributed by atoms with Gasteiger partial charge in [-0.05, 0) is 83.9 Å². The van der Waals surface area contributed by atoms with Gasteiger partial charge < -0.3 is 39.0 Å². The highest BCUT2D eigenvalue weighted by molar-refractivity contribution is 6.31. The van der Waals surface area contributed by atoms with E-state index in [-0.39, 0.29) is 11.8 Å². The maximum Gasteiger partial charge on any atom is 0.264 e. The molecule has 2 amide bonds. The Morgan fingerprint density at radius 3 is 1.36 bits per heavy atom. The van der Waals surface area contributed by atoms with Crippen molar-refractivity contribution in [3.8, 4) is 33.8 Å². The van der Waals surface area contributed by atoms with Crippen LogP contribution < -0.4 is 19.3 Å². The zero-order valence-corrected chi connectivity index (χ0v) is 37.3. The summed E-state index contributed by atoms with van der Waals surface area (Å²) in [5.74, 6) is 3.41. The van der Waals surface area contributed by atoms with Gasteiger partial charge in [0.1, 0.15) is 34.4 Å². The van der Waals surface area contributed by atoms with Crippen LogP contribution in [0.25, 0.3) is 44.3 Å². The first-order valence-electron chi connectivity index (χ1n) is 22.1. The number of H-pyrrole nitrogens is 2. The third-order valence-corrected chi connectivity index (χ3v) is 13.2. The van der Waals surface area contributed by atoms with Crippen LogP contribution in [0.15, 0.2) is 122 Å². The van der Waals surface area contributed by atoms with Crippen LogP contribution in [0, 0.1) is 0 Å². The lowest BCUT2D eigenvalue weighted by Crippen LogP contribution is -2.52. The molecule has 0 saturated carbocycles. The first-order valence-corrected chi connectivity index (χ1v) is 22.8. The van der Waals surface area contributed by atoms with Gasteiger partial charge in [-0.25, -0.2) is 19.9 Å². The normalized spacial score (nSPS) is 17.8. The van der Waals surface area contributed by atoms with Crippen molar-refractivity contribution in [1.82, 2.24) is 39.7 Å². The number of fused-ring (bicyclic) bond motifs is 4. The van der Waals surface area contributed by atoms with Crippen molar-refractivity contribution < 1.29 is 19.1 Å². The van der Waals surface area contributed by atoms with E-state index in [9.17, 15) is 9.59 Å². The van der Waals surface area contributed by atoms with Gasteiger partial charge in [-0.2, -0.15) is 0 Å². The molecule has 6 aromatic heterocycles. The number of piperazine rings is 2. The van der Waals surface area contributed by atoms with Gasteiger partial charge in [0.05, 0.1) is 0 Å². The van der Waals surface area contributed by atoms with Crippen molar-refractivity contribution in [3.63, 3.8) is 0 Å². The Kier molecular flexibility index (Phi) is 11.1. The molecule has 2 fully saturated rings. The van der Waals surface area contributed by atoms with Gasteiger partial charge in [-0.1, -0.05) is 35.3 Å². The highest BCUT2D eigenvalue weighted by Crippen LogP contribution is 2.45. The fraction of sp³-hybridized carbons (Fsp3) is 0.240. The third kappa shape index (κ3) is 8.00. The first-order chi connectivity index (χ1) is 32.3. The van der Waals surface area contributed by atoms with Crippen LogP contribution in [0.4, 0.5) is 11.6 Å². The predicted octanol–water partition coefficient (Wildman–Crippen LogP) is 7.86. The molecule has 66 heavy (non-hydrogen) atoms. The quantitative estimate of drug-likeness (QED) is 0.169. The SMILES string of the molecule is O=C([C@@H]1Cc2cc(Cl)cc(-c3ccnc4[nH]ccc34)c2O1)N1CCN(c2ccccn2)CC1.O=C([C@H]1Cc2cc(Cl)cc(-c3ccnc4[nH]ccc34)c2O1)N1CCN(c2ccccn2)CC1. The summed E-state index contributed by atoms with van der Waals surface area (Å²) in [5, 5.41) is 3.24. The highest BCUT2D eigenvalue weighted by atomic mass is 35.5. The molecule has 2 atom stereocenters. The zero-order chi connectivity index (χ0) is 44.7. The average molecular weight is 920 g/mol. The Morgan fingerprint density at radius 2 is 0.955 bits per heavy atom. The summed E-state index contributed by atoms with van der Waals surface area (Å²) in [6, 6.07) is 27.3. The molecule has 2 aromatic carbocycles. The molecule has 10 heterocycles. The Morgan fingerprint density at radius 1 is 0.515 bits per heavy atom. The summed E-state index contributed by atoms with van der Waals surface area (Å²) in [7, 11) is 0. The lowest BCUT2D eigenvalue weighted by atomic mass is 9.99. The number of anilines is 2. The topological polar surface area (TPSA) is 149 Å². The lowest BCUT2D eigenvalue weighted by Gasteiger charge is -2.36. The second-order valence-electron chi connectivity index (χ2n) is 16.7. The van der Waals surface area contributed by atoms with E-state index in [1.165, 1.54) is 0 Å². The van der Waals surface area contributed by atoms with Crippen LogP contribution in [0.1, 0.15) is 11.1 Å². The van der Waals surface area contributed by atoms with Gasteiger partial charge in [0.25, 0.3) is 11.8 Å². The molecule has 4 aliphatic heterocycles. The van der Waals surface area contributed by atoms with Gasteiger partial charge in [0.2, 0.25) is 0 Å². The Hall–Kier alpha value is -7.16. The number of pyridine rings is 4. The zero-order valence-electron chi connectivity index (χ0n) is 35.7. The van der Waals surface area contributed by atoms with E-state index in [0.717, 1.165) is 105 Å². The molecule has 0 bridgehead atoms. The number of aromatic nitrogens is 6. The number of rotatable bonds is 6. The molecule has 4 aliphatic rings. The van der Waals surface area contributed by atoms with Crippen molar-refractivity contribution in [3.05, 3.63) is 143 Å². The largest absolute Gasteiger partial charge is 0.479 e. The van der Waals surface area contributed by atoms with E-state index in [4.69, 9.17) is 32.7 Å². The summed E-state index contributed by atoms with van der Waals surface area (Å²) in [4.78, 5) is 58.8. The number of aromatic amines is 2. The maximum atomic E-state index is 13.3. The molecular weight excluding hydrogens is 876 g/mol. The maximum absolute atomic E-state index is 13.3. The molecule has 16 heteroatoms. The van der Waals surface area contributed by atoms with Crippen molar-refractivity contribution >= 4 is 68.7 Å². The number of nitrogens with zero attached hydrogens (tertiary/aromatic N) is 8. The minimum Gasteiger partial charge on any atom is -0.479 e. The summed E-state index contributed by atoms with van der Waals surface area (Å²) >= 11 is 12.9. The summed E-state index contributed by atoms with van der Waals surface area (Å²) in [6.07, 6.45) is 10.8. The molecule has 0 spiro atoms. The third-order valence-electron chi connectivity index (χ3n) is 12.8. The Balaban J connectivity index is 0.000000146. The van der Waals surface area contributed by atoms with Crippen LogP contribution in [-0.2, 0) is 22.4 Å². The summed E-state index contributed by atoms with van der Waals surface area (Å²) in [6.45, 7) is 5.59. The number of carbonyl (C=O) groups excluding carboxylic acids is 2. The molecule has 8 aromatic rings. The molecule has 12 rings (SSSR count). The van der Waals surface area contributed by atoms with Crippen molar-refractivity contribution in [2.24, 2.45) is 0 Å². The van der Waals surface area contributed by atoms with Crippen LogP contribution in [0.5, 0.6) is 11.5 Å². The fourth-order valence-electron chi connectivity index (χ4n) is 9.52. The van der Waals surface area contributed by atoms with Crippen LogP contribution >= 0.6 is 23.2 Å². The molecule has 332 valence electrons. The van der Waals surface area contributed by atoms with E-state index in [0.29, 0.717) is 49.1 Å². The number of nitrogens with one attached hydrogen (secondary N) is 2. The molecule has 0 radical (unpaired) electrons. The van der Waals surface area contributed by atoms with E-state index in [2.05, 4.69) is 39.7 Å². The van der Waals surface area contributed by atoms with Gasteiger partial charge >= 0.3 is 0 Å². The average Bonchev–Trinajstić information content (AvgIpc) is 4.21. The smallest absolute Gasteiger partial charge is 0.264 e. The van der Waals surface area contributed by atoms with Gasteiger partial charge in [0.15, 0.2) is 12.2 Å². The molecule has 0 aliphatic carbocycles. The lowest BCUT2D eigenvalue weighted by molar-refractivity contribution is -0.138. The Bertz CT molecular complexity index is 2870. The van der Waals surface area contributed by atoms with Crippen LogP contribution in [-0.4, -0.2) is 116 Å². The number of benzene rings is 2. The number of amides is 2. The minimum absolute atomic E-state index is 0.0236. The minimum atomic E-state index is -0.540. The second-order valence-corrected chi connectivity index (χ2v) is 17.6. The van der Waals surface area contributed by atoms with Gasteiger partial charge in [0, 0.05) is 145 Å². The van der Waals surface area contributed by atoms with E-state index < -0.39 is 12.2 Å². The predicted molar refractivity (Wildman–Crippen MR) is 255 cm³/mol. The van der Waals surface area contributed by atoms with Gasteiger partial charge in [-0.15, -0.1) is 0 Å². The monoisotopic (exact) mass is 918 g/mol. The number of halogens is 2. The van der Waals surface area contributed by atoms with Crippen LogP contribution in [0.2, 0.25) is 10.0 Å². The van der Waals surface area contributed by atoms with E-state index >= 15 is 0 Å². The van der Waals surface area contributed by atoms with E-state index in [1.54, 1.807) is 24.8 Å². The molecule has 14 nitrogen and oxygen atoms in total. The van der Waals surface area contributed by atoms with E-state index in [1.807, 2.05) is 107 Å². The van der Waals surface area contributed by atoms with Gasteiger partial charge in [-0.3, -0.25) is 9.59 Å². The number of ether oxygens (including phenoxy) is 2. The molecule has 2 saturated heterocycles. The van der Waals surface area contributed by atoms with Crippen LogP contribution in [0.3, 0.4) is 0 Å². The summed E-state index contributed by atoms with van der Waals surface area (Å²) in [5.41, 5.74) is 7.27. The van der Waals surface area contributed by atoms with Crippen molar-refractivity contribution in [1.29, 1.82) is 0 Å². The van der Waals surface area contributed by atoms with Crippen molar-refractivity contribution in [2.45, 2.75) is 25.0 Å². The molecule has 0 unspecified atom stereocenters. The standard InChI is InChI=1S/2C25H22ClN5O2/c2*26-17-13-16-14-21(25(32)31-11-9-30(10-12-31)22-3-1-2-6-27-22)33-23(16)20(15-17)18-4-7-28-24-19(18)5-8-29-24/h2*1-8,13,15,21H,9-12,14H2,(H,28,29)/t2*21-/m10/s1. The van der Waals surface area contributed by atoms with Crippen molar-refractivity contribution in [2.75, 3.05) is 62.2 Å². The molecule has 2 N–H and O–H groups in total. The Labute approximate surface area is 390 Å². The number of carbonyl (C=O) groups is 2. The summed E-state index contributed by atoms with van der Waals surface area (Å²) < 4.78 is 12.6. The second kappa shape index (κ2) is 17.7. The first kappa shape index (κ1) is 41.5. The number of hydrogen-bond acceptors (Lipinski definition) is 10. The fourth-order valence-corrected chi connectivity index (χ4v) is 10.00. The number of hydrogen-bond donors (Lipinski definition) is 2.